The van der Waals surface area contributed by atoms with Crippen molar-refractivity contribution >= 4 is 22.4 Å². The van der Waals surface area contributed by atoms with Crippen LogP contribution >= 0.6 is 0 Å². The molecule has 0 atom stereocenters. The van der Waals surface area contributed by atoms with Crippen LogP contribution in [0, 0.1) is 17.0 Å². The summed E-state index contributed by atoms with van der Waals surface area (Å²) in [5, 5.41) is 11.7. The van der Waals surface area contributed by atoms with Crippen LogP contribution in [0.15, 0.2) is 47.4 Å². The molecule has 2 aromatic heterocycles. The van der Waals surface area contributed by atoms with E-state index in [2.05, 4.69) is 4.98 Å². The molecular formula is C16H13N3O4. The second kappa shape index (κ2) is 5.53. The minimum Gasteiger partial charge on any atom is -0.360 e. The van der Waals surface area contributed by atoms with Crippen molar-refractivity contribution in [2.45, 2.75) is 13.5 Å². The third-order valence-corrected chi connectivity index (χ3v) is 3.81. The summed E-state index contributed by atoms with van der Waals surface area (Å²) in [5.41, 5.74) is 0.811. The van der Waals surface area contributed by atoms with Gasteiger partial charge in [-0.3, -0.25) is 24.3 Å². The van der Waals surface area contributed by atoms with Gasteiger partial charge in [0.25, 0.3) is 11.2 Å². The maximum Gasteiger partial charge on any atom is 0.288 e. The first kappa shape index (κ1) is 14.7. The predicted molar refractivity (Wildman–Crippen MR) is 84.7 cm³/mol. The largest absolute Gasteiger partial charge is 0.360 e. The molecule has 0 amide bonds. The van der Waals surface area contributed by atoms with Gasteiger partial charge in [-0.2, -0.15) is 0 Å². The third kappa shape index (κ3) is 2.52. The molecule has 7 nitrogen and oxygen atoms in total. The van der Waals surface area contributed by atoms with Crippen molar-refractivity contribution in [1.82, 2.24) is 9.55 Å². The average molecular weight is 311 g/mol. The highest BCUT2D eigenvalue weighted by Crippen LogP contribution is 2.20. The Kier molecular flexibility index (Phi) is 3.53. The second-order valence-corrected chi connectivity index (χ2v) is 5.16. The van der Waals surface area contributed by atoms with Crippen molar-refractivity contribution in [3.63, 3.8) is 0 Å². The lowest BCUT2D eigenvalue weighted by atomic mass is 10.1. The number of pyridine rings is 1. The molecule has 0 fully saturated rings. The van der Waals surface area contributed by atoms with Gasteiger partial charge in [0, 0.05) is 34.8 Å². The normalized spacial score (nSPS) is 10.8. The van der Waals surface area contributed by atoms with Crippen molar-refractivity contribution in [2.75, 3.05) is 0 Å². The lowest BCUT2D eigenvalue weighted by Crippen LogP contribution is -2.26. The number of fused-ring (bicyclic) bond motifs is 1. The van der Waals surface area contributed by atoms with Crippen molar-refractivity contribution in [1.29, 1.82) is 0 Å². The number of hydrogen-bond donors (Lipinski definition) is 1. The number of H-pyrrole nitrogens is 1. The summed E-state index contributed by atoms with van der Waals surface area (Å²) in [6.07, 6.45) is 1.59. The number of aromatic amines is 1. The smallest absolute Gasteiger partial charge is 0.288 e. The zero-order chi connectivity index (χ0) is 16.6. The van der Waals surface area contributed by atoms with E-state index in [1.807, 2.05) is 24.3 Å². The Bertz CT molecular complexity index is 984. The summed E-state index contributed by atoms with van der Waals surface area (Å²) < 4.78 is 1.13. The Morgan fingerprint density at radius 3 is 2.74 bits per heavy atom. The summed E-state index contributed by atoms with van der Waals surface area (Å²) in [7, 11) is 0. The quantitative estimate of drug-likeness (QED) is 0.454. The fourth-order valence-electron chi connectivity index (χ4n) is 2.58. The van der Waals surface area contributed by atoms with E-state index in [0.29, 0.717) is 5.56 Å². The van der Waals surface area contributed by atoms with Gasteiger partial charge >= 0.3 is 0 Å². The highest BCUT2D eigenvalue weighted by atomic mass is 16.6. The highest BCUT2D eigenvalue weighted by Gasteiger charge is 2.18. The summed E-state index contributed by atoms with van der Waals surface area (Å²) in [4.78, 5) is 37.9. The van der Waals surface area contributed by atoms with Crippen LogP contribution in [0.5, 0.6) is 0 Å². The Balaban J connectivity index is 2.02. The number of benzene rings is 1. The second-order valence-electron chi connectivity index (χ2n) is 5.16. The topological polar surface area (TPSA) is 98.0 Å². The molecule has 1 N–H and O–H groups in total. The van der Waals surface area contributed by atoms with Gasteiger partial charge in [0.1, 0.15) is 0 Å². The molecule has 0 aliphatic heterocycles. The number of aromatic nitrogens is 2. The summed E-state index contributed by atoms with van der Waals surface area (Å²) in [6, 6.07) is 9.58. The molecule has 3 rings (SSSR count). The number of Topliss-reactive ketones (excluding diaryl/α,β-unsaturated/α-hetero) is 1. The Hall–Kier alpha value is -3.22. The zero-order valence-corrected chi connectivity index (χ0v) is 12.3. The van der Waals surface area contributed by atoms with Gasteiger partial charge in [-0.15, -0.1) is 0 Å². The van der Waals surface area contributed by atoms with Gasteiger partial charge in [0.2, 0.25) is 0 Å². The van der Waals surface area contributed by atoms with Crippen molar-refractivity contribution in [3.05, 3.63) is 74.3 Å². The van der Waals surface area contributed by atoms with E-state index in [0.717, 1.165) is 27.6 Å². The van der Waals surface area contributed by atoms with Gasteiger partial charge < -0.3 is 4.98 Å². The summed E-state index contributed by atoms with van der Waals surface area (Å²) in [6.45, 7) is 1.22. The average Bonchev–Trinajstić information content (AvgIpc) is 2.95. The van der Waals surface area contributed by atoms with Gasteiger partial charge in [-0.25, -0.2) is 0 Å². The first-order valence-electron chi connectivity index (χ1n) is 6.93. The van der Waals surface area contributed by atoms with E-state index in [1.54, 1.807) is 6.20 Å². The number of nitrogens with one attached hydrogen (secondary N) is 1. The van der Waals surface area contributed by atoms with Crippen LogP contribution in [0.25, 0.3) is 10.9 Å². The van der Waals surface area contributed by atoms with Crippen LogP contribution < -0.4 is 5.56 Å². The molecule has 0 saturated carbocycles. The minimum absolute atomic E-state index is 0.163. The molecule has 2 heterocycles. The molecule has 0 saturated heterocycles. The number of carbonyl (C=O) groups excluding carboxylic acids is 1. The van der Waals surface area contributed by atoms with Gasteiger partial charge in [0.05, 0.1) is 17.2 Å². The minimum atomic E-state index is -0.568. The van der Waals surface area contributed by atoms with Crippen molar-refractivity contribution in [2.24, 2.45) is 0 Å². The molecule has 3 aromatic rings. The van der Waals surface area contributed by atoms with E-state index in [4.69, 9.17) is 0 Å². The molecule has 0 aliphatic rings. The Morgan fingerprint density at radius 2 is 2.00 bits per heavy atom. The van der Waals surface area contributed by atoms with Crippen molar-refractivity contribution < 1.29 is 9.72 Å². The van der Waals surface area contributed by atoms with Gasteiger partial charge in [-0.1, -0.05) is 18.2 Å². The third-order valence-electron chi connectivity index (χ3n) is 3.81. The lowest BCUT2D eigenvalue weighted by molar-refractivity contribution is -0.386. The van der Waals surface area contributed by atoms with Crippen molar-refractivity contribution in [3.8, 4) is 0 Å². The molecule has 0 spiro atoms. The van der Waals surface area contributed by atoms with Crippen LogP contribution in [-0.4, -0.2) is 20.3 Å². The van der Waals surface area contributed by atoms with Crippen LogP contribution in [0.3, 0.4) is 0 Å². The van der Waals surface area contributed by atoms with E-state index in [-0.39, 0.29) is 23.7 Å². The van der Waals surface area contributed by atoms with Crippen LogP contribution in [0.4, 0.5) is 5.69 Å². The number of nitrogens with zero attached hydrogens (tertiary/aromatic N) is 2. The fraction of sp³-hybridized carbons (Fsp3) is 0.125. The fourth-order valence-corrected chi connectivity index (χ4v) is 2.58. The zero-order valence-electron chi connectivity index (χ0n) is 12.3. The SMILES string of the molecule is Cc1c([N+](=O)[O-])ccc(=O)n1CC(=O)c1c[nH]c2ccccc12. The standard InChI is InChI=1S/C16H13N3O4/c1-10-14(19(22)23)6-7-16(21)18(10)9-15(20)12-8-17-13-5-3-2-4-11(12)13/h2-8,17H,9H2,1H3. The predicted octanol–water partition coefficient (Wildman–Crippen LogP) is 2.43. The number of rotatable bonds is 4. The van der Waals surface area contributed by atoms with Crippen LogP contribution in [0.2, 0.25) is 0 Å². The number of nitro groups is 1. The Morgan fingerprint density at radius 1 is 1.26 bits per heavy atom. The maximum atomic E-state index is 12.5. The first-order chi connectivity index (χ1) is 11.0. The number of para-hydroxylation sites is 1. The van der Waals surface area contributed by atoms with E-state index < -0.39 is 10.5 Å². The molecule has 0 bridgehead atoms. The molecule has 0 unspecified atom stereocenters. The monoisotopic (exact) mass is 311 g/mol. The molecule has 7 heteroatoms. The first-order valence-corrected chi connectivity index (χ1v) is 6.93. The maximum absolute atomic E-state index is 12.5. The Labute approximate surface area is 130 Å². The summed E-state index contributed by atoms with van der Waals surface area (Å²) >= 11 is 0. The van der Waals surface area contributed by atoms with E-state index in [1.165, 1.54) is 6.92 Å². The van der Waals surface area contributed by atoms with E-state index >= 15 is 0 Å². The summed E-state index contributed by atoms with van der Waals surface area (Å²) in [5.74, 6) is -0.284. The van der Waals surface area contributed by atoms with E-state index in [9.17, 15) is 19.7 Å². The van der Waals surface area contributed by atoms with Crippen LogP contribution in [-0.2, 0) is 6.54 Å². The number of carbonyl (C=O) groups is 1. The molecule has 23 heavy (non-hydrogen) atoms. The molecule has 0 aliphatic carbocycles. The molecule has 116 valence electrons. The molecule has 1 aromatic carbocycles. The molecule has 0 radical (unpaired) electrons. The van der Waals surface area contributed by atoms with Gasteiger partial charge in [0.15, 0.2) is 5.78 Å². The highest BCUT2D eigenvalue weighted by molar-refractivity contribution is 6.07. The van der Waals surface area contributed by atoms with Gasteiger partial charge in [-0.05, 0) is 13.0 Å². The number of ketones is 1. The lowest BCUT2D eigenvalue weighted by Gasteiger charge is -2.08. The number of hydrogen-bond acceptors (Lipinski definition) is 4. The molecular weight excluding hydrogens is 298 g/mol. The van der Waals surface area contributed by atoms with Crippen LogP contribution in [0.1, 0.15) is 16.1 Å².